The molecule has 2 aromatic heterocycles. The van der Waals surface area contributed by atoms with Crippen molar-refractivity contribution in [2.24, 2.45) is 5.84 Å². The molecule has 0 saturated carbocycles. The van der Waals surface area contributed by atoms with Gasteiger partial charge in [0.25, 0.3) is 0 Å². The molecule has 0 aliphatic rings. The van der Waals surface area contributed by atoms with Crippen LogP contribution in [0.4, 0.5) is 5.82 Å². The molecule has 13 heavy (non-hydrogen) atoms. The third-order valence-corrected chi connectivity index (χ3v) is 1.69. The molecule has 0 aliphatic carbocycles. The number of nitrogens with one attached hydrogen (secondary N) is 1. The van der Waals surface area contributed by atoms with E-state index in [-0.39, 0.29) is 0 Å². The molecule has 0 amide bonds. The van der Waals surface area contributed by atoms with Crippen molar-refractivity contribution >= 4 is 23.2 Å². The van der Waals surface area contributed by atoms with Crippen molar-refractivity contribution < 1.29 is 0 Å². The molecule has 0 saturated heterocycles. The molecule has 0 unspecified atom stereocenters. The Bertz CT molecular complexity index is 445. The van der Waals surface area contributed by atoms with Crippen LogP contribution in [-0.4, -0.2) is 19.5 Å². The van der Waals surface area contributed by atoms with Crippen molar-refractivity contribution in [1.82, 2.24) is 19.5 Å². The zero-order chi connectivity index (χ0) is 9.26. The van der Waals surface area contributed by atoms with Crippen molar-refractivity contribution in [3.05, 3.63) is 19.2 Å². The Morgan fingerprint density at radius 1 is 1.46 bits per heavy atom. The van der Waals surface area contributed by atoms with E-state index in [4.69, 9.17) is 5.84 Å². The van der Waals surface area contributed by atoms with E-state index in [0.717, 1.165) is 0 Å². The van der Waals surface area contributed by atoms with Gasteiger partial charge in [-0.3, -0.25) is 4.57 Å². The normalized spacial score (nSPS) is 10.2. The maximum absolute atomic E-state index is 5.25. The van der Waals surface area contributed by atoms with Crippen molar-refractivity contribution in [3.63, 3.8) is 0 Å². The van der Waals surface area contributed by atoms with Crippen molar-refractivity contribution in [2.45, 2.75) is 0 Å². The van der Waals surface area contributed by atoms with Crippen LogP contribution in [-0.2, 0) is 0 Å². The number of imidazole rings is 1. The third-order valence-electron chi connectivity index (χ3n) is 1.69. The summed E-state index contributed by atoms with van der Waals surface area (Å²) in [5.41, 5.74) is 3.75. The highest BCUT2D eigenvalue weighted by molar-refractivity contribution is 5.83. The van der Waals surface area contributed by atoms with Gasteiger partial charge in [-0.2, -0.15) is 0 Å². The van der Waals surface area contributed by atoms with Crippen LogP contribution < -0.4 is 11.3 Å². The number of aromatic nitrogens is 4. The number of rotatable bonds is 2. The highest BCUT2D eigenvalue weighted by Gasteiger charge is 2.06. The molecule has 2 rings (SSSR count). The fourth-order valence-corrected chi connectivity index (χ4v) is 1.09. The molecule has 2 heterocycles. The van der Waals surface area contributed by atoms with Gasteiger partial charge in [-0.25, -0.2) is 20.8 Å². The fraction of sp³-hybridized carbons (Fsp3) is 0. The zero-order valence-electron chi connectivity index (χ0n) is 6.81. The predicted molar refractivity (Wildman–Crippen MR) is 49.5 cm³/mol. The van der Waals surface area contributed by atoms with E-state index in [1.807, 2.05) is 0 Å². The summed E-state index contributed by atoms with van der Waals surface area (Å²) in [5, 5.41) is 0. The van der Waals surface area contributed by atoms with Crippen molar-refractivity contribution in [3.8, 4) is 0 Å². The van der Waals surface area contributed by atoms with Crippen LogP contribution in [0.2, 0.25) is 0 Å². The highest BCUT2D eigenvalue weighted by Crippen LogP contribution is 2.15. The molecule has 6 nitrogen and oxygen atoms in total. The number of hydrogen-bond donors (Lipinski definition) is 2. The molecular weight excluding hydrogens is 168 g/mol. The highest BCUT2D eigenvalue weighted by atomic mass is 15.3. The Hall–Kier alpha value is -1.95. The molecule has 0 radical (unpaired) electrons. The van der Waals surface area contributed by atoms with Gasteiger partial charge in [0.2, 0.25) is 0 Å². The summed E-state index contributed by atoms with van der Waals surface area (Å²) in [6, 6.07) is 0. The predicted octanol–water partition coefficient (Wildman–Crippen LogP) is 0.212. The van der Waals surface area contributed by atoms with Crippen molar-refractivity contribution in [2.75, 3.05) is 5.43 Å². The van der Waals surface area contributed by atoms with Crippen LogP contribution >= 0.6 is 0 Å². The van der Waals surface area contributed by atoms with Crippen LogP contribution in [0.3, 0.4) is 0 Å². The lowest BCUT2D eigenvalue weighted by Crippen LogP contribution is -2.09. The second kappa shape index (κ2) is 2.83. The molecule has 0 atom stereocenters. The molecule has 0 aromatic carbocycles. The number of fused-ring (bicyclic) bond motifs is 1. The van der Waals surface area contributed by atoms with Gasteiger partial charge in [-0.15, -0.1) is 0 Å². The van der Waals surface area contributed by atoms with E-state index >= 15 is 0 Å². The lowest BCUT2D eigenvalue weighted by atomic mass is 10.5. The van der Waals surface area contributed by atoms with Crippen LogP contribution in [0.1, 0.15) is 0 Å². The maximum Gasteiger partial charge on any atom is 0.171 e. The first-order valence-electron chi connectivity index (χ1n) is 3.63. The quantitative estimate of drug-likeness (QED) is 0.505. The lowest BCUT2D eigenvalue weighted by Gasteiger charge is -1.98. The summed E-state index contributed by atoms with van der Waals surface area (Å²) in [5.74, 6) is 5.76. The van der Waals surface area contributed by atoms with Gasteiger partial charge in [0.1, 0.15) is 12.7 Å². The minimum absolute atomic E-state index is 0.505. The molecule has 0 bridgehead atoms. The van der Waals surface area contributed by atoms with E-state index < -0.39 is 0 Å². The standard InChI is InChI=1S/C7H8N6/c1-2-13-4-11-5-6(12-8)9-3-10-7(5)13/h2-4H,1,8H2,(H,9,10,12). The van der Waals surface area contributed by atoms with Crippen molar-refractivity contribution in [1.29, 1.82) is 0 Å². The average molecular weight is 176 g/mol. The topological polar surface area (TPSA) is 81.7 Å². The molecule has 66 valence electrons. The summed E-state index contributed by atoms with van der Waals surface area (Å²) in [7, 11) is 0. The molecule has 0 aliphatic heterocycles. The Labute approximate surface area is 74.1 Å². The first-order chi connectivity index (χ1) is 6.36. The molecule has 0 spiro atoms. The molecule has 2 aromatic rings. The smallest absolute Gasteiger partial charge is 0.171 e. The maximum atomic E-state index is 5.25. The Balaban J connectivity index is 2.79. The lowest BCUT2D eigenvalue weighted by molar-refractivity contribution is 1.12. The van der Waals surface area contributed by atoms with Gasteiger partial charge in [0, 0.05) is 6.20 Å². The van der Waals surface area contributed by atoms with E-state index in [1.165, 1.54) is 6.33 Å². The Morgan fingerprint density at radius 2 is 2.31 bits per heavy atom. The number of nitrogens with zero attached hydrogens (tertiary/aromatic N) is 4. The first-order valence-corrected chi connectivity index (χ1v) is 3.63. The molecule has 6 heteroatoms. The van der Waals surface area contributed by atoms with Gasteiger partial charge in [-0.1, -0.05) is 6.58 Å². The van der Waals surface area contributed by atoms with Gasteiger partial charge >= 0.3 is 0 Å². The minimum atomic E-state index is 0.505. The third kappa shape index (κ3) is 1.04. The van der Waals surface area contributed by atoms with E-state index in [0.29, 0.717) is 17.0 Å². The number of nitrogens with two attached hydrogens (primary N) is 1. The van der Waals surface area contributed by atoms with Crippen LogP contribution in [0.25, 0.3) is 17.4 Å². The van der Waals surface area contributed by atoms with Crippen LogP contribution in [0, 0.1) is 0 Å². The largest absolute Gasteiger partial charge is 0.306 e. The van der Waals surface area contributed by atoms with Crippen LogP contribution in [0.5, 0.6) is 0 Å². The summed E-state index contributed by atoms with van der Waals surface area (Å²) < 4.78 is 1.69. The number of nitrogen functional groups attached to an aromatic ring is 1. The summed E-state index contributed by atoms with van der Waals surface area (Å²) in [4.78, 5) is 12.0. The summed E-state index contributed by atoms with van der Waals surface area (Å²) in [6.07, 6.45) is 4.63. The SMILES string of the molecule is C=Cn1cnc2c(NN)ncnc21. The van der Waals surface area contributed by atoms with Crippen LogP contribution in [0.15, 0.2) is 19.2 Å². The Kier molecular flexibility index (Phi) is 1.67. The van der Waals surface area contributed by atoms with Gasteiger partial charge < -0.3 is 5.43 Å². The number of anilines is 1. The number of hydrogen-bond acceptors (Lipinski definition) is 5. The van der Waals surface area contributed by atoms with E-state index in [9.17, 15) is 0 Å². The second-order valence-electron chi connectivity index (χ2n) is 2.37. The fourth-order valence-electron chi connectivity index (χ4n) is 1.09. The minimum Gasteiger partial charge on any atom is -0.306 e. The monoisotopic (exact) mass is 176 g/mol. The first kappa shape index (κ1) is 7.69. The molecular formula is C7H8N6. The van der Waals surface area contributed by atoms with Gasteiger partial charge in [0.15, 0.2) is 17.0 Å². The number of hydrazine groups is 1. The van der Waals surface area contributed by atoms with Gasteiger partial charge in [-0.05, 0) is 0 Å². The average Bonchev–Trinajstić information content (AvgIpc) is 2.60. The summed E-state index contributed by atoms with van der Waals surface area (Å²) >= 11 is 0. The molecule has 3 N–H and O–H groups in total. The molecule has 0 fully saturated rings. The van der Waals surface area contributed by atoms with E-state index in [1.54, 1.807) is 17.1 Å². The zero-order valence-corrected chi connectivity index (χ0v) is 6.81. The van der Waals surface area contributed by atoms with E-state index in [2.05, 4.69) is 27.0 Å². The summed E-state index contributed by atoms with van der Waals surface area (Å²) in [6.45, 7) is 3.62. The second-order valence-corrected chi connectivity index (χ2v) is 2.37. The Morgan fingerprint density at radius 3 is 3.00 bits per heavy atom. The van der Waals surface area contributed by atoms with Gasteiger partial charge in [0.05, 0.1) is 0 Å².